The quantitative estimate of drug-likeness (QED) is 0.413. The van der Waals surface area contributed by atoms with Crippen LogP contribution >= 0.6 is 0 Å². The fourth-order valence-electron chi connectivity index (χ4n) is 0.880. The maximum absolute atomic E-state index is 11.2. The molecular formula is C8H17N3O3. The van der Waals surface area contributed by atoms with Crippen LogP contribution in [0.4, 0.5) is 4.79 Å². The highest BCUT2D eigenvalue weighted by atomic mass is 16.3. The van der Waals surface area contributed by atoms with Gasteiger partial charge in [-0.1, -0.05) is 0 Å². The minimum absolute atomic E-state index is 0.116. The van der Waals surface area contributed by atoms with E-state index in [4.69, 9.17) is 10.8 Å². The molecular weight excluding hydrogens is 186 g/mol. The molecule has 0 aliphatic rings. The first-order chi connectivity index (χ1) is 6.57. The van der Waals surface area contributed by atoms with Gasteiger partial charge in [0.2, 0.25) is 5.91 Å². The molecule has 0 saturated carbocycles. The minimum atomic E-state index is -0.719. The summed E-state index contributed by atoms with van der Waals surface area (Å²) in [6.07, 6.45) is 1.36. The summed E-state index contributed by atoms with van der Waals surface area (Å²) in [6, 6.07) is -1.34. The van der Waals surface area contributed by atoms with Crippen molar-refractivity contribution in [3.05, 3.63) is 0 Å². The Bertz CT molecular complexity index is 196. The van der Waals surface area contributed by atoms with E-state index in [0.29, 0.717) is 19.4 Å². The fraction of sp³-hybridized carbons (Fsp3) is 0.750. The molecule has 1 atom stereocenters. The summed E-state index contributed by atoms with van der Waals surface area (Å²) in [4.78, 5) is 21.6. The van der Waals surface area contributed by atoms with Crippen LogP contribution in [0.5, 0.6) is 0 Å². The Morgan fingerprint density at radius 2 is 2.07 bits per heavy atom. The van der Waals surface area contributed by atoms with Crippen molar-refractivity contribution >= 4 is 11.9 Å². The van der Waals surface area contributed by atoms with Crippen LogP contribution in [0.15, 0.2) is 0 Å². The van der Waals surface area contributed by atoms with E-state index >= 15 is 0 Å². The van der Waals surface area contributed by atoms with Crippen LogP contribution in [0, 0.1) is 0 Å². The monoisotopic (exact) mass is 203 g/mol. The van der Waals surface area contributed by atoms with Gasteiger partial charge in [0.05, 0.1) is 0 Å². The summed E-state index contributed by atoms with van der Waals surface area (Å²) < 4.78 is 0. The molecule has 0 radical (unpaired) electrons. The average Bonchev–Trinajstić information content (AvgIpc) is 2.11. The normalized spacial score (nSPS) is 11.9. The number of primary amides is 1. The zero-order chi connectivity index (χ0) is 11.0. The first-order valence-corrected chi connectivity index (χ1v) is 4.52. The second-order valence-electron chi connectivity index (χ2n) is 2.95. The van der Waals surface area contributed by atoms with Gasteiger partial charge in [-0.25, -0.2) is 4.79 Å². The van der Waals surface area contributed by atoms with Crippen LogP contribution in [-0.4, -0.2) is 36.2 Å². The van der Waals surface area contributed by atoms with Gasteiger partial charge in [-0.3, -0.25) is 4.79 Å². The summed E-state index contributed by atoms with van der Waals surface area (Å²) >= 11 is 0. The zero-order valence-corrected chi connectivity index (χ0v) is 8.25. The third kappa shape index (κ3) is 6.24. The van der Waals surface area contributed by atoms with Crippen molar-refractivity contribution in [3.8, 4) is 0 Å². The van der Waals surface area contributed by atoms with E-state index in [1.165, 1.54) is 0 Å². The van der Waals surface area contributed by atoms with Gasteiger partial charge >= 0.3 is 6.03 Å². The van der Waals surface area contributed by atoms with Gasteiger partial charge in [0.1, 0.15) is 6.04 Å². The molecule has 0 aliphatic carbocycles. The van der Waals surface area contributed by atoms with Crippen molar-refractivity contribution in [1.82, 2.24) is 10.6 Å². The molecule has 6 nitrogen and oxygen atoms in total. The van der Waals surface area contributed by atoms with Crippen LogP contribution in [-0.2, 0) is 4.79 Å². The highest BCUT2D eigenvalue weighted by molar-refractivity contribution is 5.86. The lowest BCUT2D eigenvalue weighted by Gasteiger charge is -2.11. The van der Waals surface area contributed by atoms with E-state index in [2.05, 4.69) is 10.6 Å². The number of nitrogens with two attached hydrogens (primary N) is 1. The number of urea groups is 1. The third-order valence-electron chi connectivity index (χ3n) is 1.64. The molecule has 1 unspecified atom stereocenters. The number of aliphatic hydroxyl groups is 1. The first kappa shape index (κ1) is 12.7. The van der Waals surface area contributed by atoms with Crippen molar-refractivity contribution in [1.29, 1.82) is 0 Å². The van der Waals surface area contributed by atoms with Crippen molar-refractivity contribution in [2.45, 2.75) is 25.8 Å². The van der Waals surface area contributed by atoms with E-state index in [-0.39, 0.29) is 12.5 Å². The highest BCUT2D eigenvalue weighted by Gasteiger charge is 2.12. The molecule has 0 bridgehead atoms. The molecule has 0 aliphatic heterocycles. The van der Waals surface area contributed by atoms with E-state index < -0.39 is 12.1 Å². The molecule has 0 heterocycles. The van der Waals surface area contributed by atoms with Gasteiger partial charge in [-0.15, -0.1) is 0 Å². The molecule has 0 aromatic heterocycles. The number of hydrogen-bond acceptors (Lipinski definition) is 3. The van der Waals surface area contributed by atoms with Crippen molar-refractivity contribution in [2.24, 2.45) is 5.73 Å². The van der Waals surface area contributed by atoms with Crippen molar-refractivity contribution in [3.63, 3.8) is 0 Å². The summed E-state index contributed by atoms with van der Waals surface area (Å²) in [7, 11) is 0. The summed E-state index contributed by atoms with van der Waals surface area (Å²) in [5.41, 5.74) is 4.84. The van der Waals surface area contributed by atoms with Crippen LogP contribution in [0.25, 0.3) is 0 Å². The lowest BCUT2D eigenvalue weighted by Crippen LogP contribution is -2.46. The van der Waals surface area contributed by atoms with Crippen LogP contribution in [0.3, 0.4) is 0 Å². The molecule has 6 heteroatoms. The molecule has 82 valence electrons. The second-order valence-corrected chi connectivity index (χ2v) is 2.95. The van der Waals surface area contributed by atoms with E-state index in [1.807, 2.05) is 0 Å². The number of amides is 3. The van der Waals surface area contributed by atoms with Crippen molar-refractivity contribution in [2.75, 3.05) is 13.2 Å². The van der Waals surface area contributed by atoms with Gasteiger partial charge < -0.3 is 21.5 Å². The maximum atomic E-state index is 11.2. The predicted octanol–water partition coefficient (Wildman–Crippen LogP) is -1.07. The molecule has 0 aromatic carbocycles. The number of hydrogen-bond donors (Lipinski definition) is 4. The molecule has 5 N–H and O–H groups in total. The molecule has 0 fully saturated rings. The molecule has 0 spiro atoms. The Balaban J connectivity index is 3.57. The van der Waals surface area contributed by atoms with Gasteiger partial charge in [-0.05, 0) is 19.8 Å². The number of carbonyl (C=O) groups excluding carboxylic acids is 2. The Morgan fingerprint density at radius 1 is 1.43 bits per heavy atom. The Labute approximate surface area is 82.9 Å². The van der Waals surface area contributed by atoms with Crippen LogP contribution in [0.1, 0.15) is 19.8 Å². The largest absolute Gasteiger partial charge is 0.396 e. The molecule has 14 heavy (non-hydrogen) atoms. The predicted molar refractivity (Wildman–Crippen MR) is 51.5 cm³/mol. The fourth-order valence-corrected chi connectivity index (χ4v) is 0.880. The molecule has 0 aromatic rings. The highest BCUT2D eigenvalue weighted by Crippen LogP contribution is 1.86. The summed E-state index contributed by atoms with van der Waals surface area (Å²) in [5, 5.41) is 13.3. The Morgan fingerprint density at radius 3 is 2.57 bits per heavy atom. The molecule has 0 saturated heterocycles. The lowest BCUT2D eigenvalue weighted by atomic mass is 10.3. The van der Waals surface area contributed by atoms with Crippen LogP contribution < -0.4 is 16.4 Å². The molecule has 3 amide bonds. The van der Waals surface area contributed by atoms with E-state index in [1.54, 1.807) is 6.92 Å². The molecule has 0 rings (SSSR count). The summed E-state index contributed by atoms with van der Waals surface area (Å²) in [6.45, 7) is 2.15. The maximum Gasteiger partial charge on any atom is 0.312 e. The van der Waals surface area contributed by atoms with Gasteiger partial charge in [0.15, 0.2) is 0 Å². The minimum Gasteiger partial charge on any atom is -0.396 e. The topological polar surface area (TPSA) is 104 Å². The Kier molecular flexibility index (Phi) is 6.47. The number of carbonyl (C=O) groups is 2. The SMILES string of the molecule is CC(NC(N)=O)C(=O)NCCCCO. The van der Waals surface area contributed by atoms with E-state index in [0.717, 1.165) is 0 Å². The number of aliphatic hydroxyl groups excluding tert-OH is 1. The van der Waals surface area contributed by atoms with Gasteiger partial charge in [0, 0.05) is 13.2 Å². The average molecular weight is 203 g/mol. The van der Waals surface area contributed by atoms with Gasteiger partial charge in [0.25, 0.3) is 0 Å². The number of nitrogens with one attached hydrogen (secondary N) is 2. The van der Waals surface area contributed by atoms with E-state index in [9.17, 15) is 9.59 Å². The first-order valence-electron chi connectivity index (χ1n) is 4.52. The van der Waals surface area contributed by atoms with Gasteiger partial charge in [-0.2, -0.15) is 0 Å². The second kappa shape index (κ2) is 7.14. The number of rotatable bonds is 6. The third-order valence-corrected chi connectivity index (χ3v) is 1.64. The Hall–Kier alpha value is -1.30. The smallest absolute Gasteiger partial charge is 0.312 e. The number of unbranched alkanes of at least 4 members (excludes halogenated alkanes) is 1. The zero-order valence-electron chi connectivity index (χ0n) is 8.25. The summed E-state index contributed by atoms with van der Waals surface area (Å²) in [5.74, 6) is -0.276. The van der Waals surface area contributed by atoms with Crippen molar-refractivity contribution < 1.29 is 14.7 Å². The lowest BCUT2D eigenvalue weighted by molar-refractivity contribution is -0.122. The standard InChI is InChI=1S/C8H17N3O3/c1-6(11-8(9)14)7(13)10-4-2-3-5-12/h6,12H,2-5H2,1H3,(H,10,13)(H3,9,11,14). The van der Waals surface area contributed by atoms with Crippen LogP contribution in [0.2, 0.25) is 0 Å².